The number of ether oxygens (including phenoxy) is 1. The van der Waals surface area contributed by atoms with Gasteiger partial charge in [0.05, 0.1) is 11.8 Å². The molecule has 2 aromatic rings. The summed E-state index contributed by atoms with van der Waals surface area (Å²) in [4.78, 5) is 18.7. The van der Waals surface area contributed by atoms with Crippen LogP contribution >= 0.6 is 0 Å². The van der Waals surface area contributed by atoms with Gasteiger partial charge in [0.25, 0.3) is 0 Å². The normalized spacial score (nSPS) is 9.94. The maximum Gasteiger partial charge on any atom is 0.335 e. The molecule has 17 heavy (non-hydrogen) atoms. The van der Waals surface area contributed by atoms with E-state index in [4.69, 9.17) is 9.84 Å². The Bertz CT molecular complexity index is 541. The molecule has 0 spiro atoms. The molecule has 0 amide bonds. The van der Waals surface area contributed by atoms with Gasteiger partial charge in [-0.1, -0.05) is 6.07 Å². The number of nitrogens with zero attached hydrogens (tertiary/aromatic N) is 2. The van der Waals surface area contributed by atoms with Gasteiger partial charge < -0.3 is 9.84 Å². The van der Waals surface area contributed by atoms with E-state index < -0.39 is 5.97 Å². The van der Waals surface area contributed by atoms with Crippen molar-refractivity contribution in [3.63, 3.8) is 0 Å². The monoisotopic (exact) mass is 230 g/mol. The fourth-order valence-electron chi connectivity index (χ4n) is 1.29. The van der Waals surface area contributed by atoms with Gasteiger partial charge in [-0.2, -0.15) is 0 Å². The highest BCUT2D eigenvalue weighted by Gasteiger charge is 2.08. The molecule has 0 atom stereocenters. The first kappa shape index (κ1) is 11.1. The van der Waals surface area contributed by atoms with Crippen molar-refractivity contribution in [2.45, 2.75) is 6.92 Å². The van der Waals surface area contributed by atoms with Crippen LogP contribution in [0.1, 0.15) is 15.9 Å². The maximum absolute atomic E-state index is 10.8. The Hall–Kier alpha value is -2.43. The van der Waals surface area contributed by atoms with Gasteiger partial charge in [0.15, 0.2) is 0 Å². The highest BCUT2D eigenvalue weighted by Crippen LogP contribution is 2.24. The van der Waals surface area contributed by atoms with E-state index >= 15 is 0 Å². The lowest BCUT2D eigenvalue weighted by Crippen LogP contribution is -1.98. The summed E-state index contributed by atoms with van der Waals surface area (Å²) in [5.41, 5.74) is 1.01. The molecule has 1 aromatic heterocycles. The van der Waals surface area contributed by atoms with E-state index in [0.29, 0.717) is 11.6 Å². The second-order valence-corrected chi connectivity index (χ2v) is 3.43. The SMILES string of the molecule is Cc1ccc(C(=O)O)cc1Oc1cnccn1. The number of aromatic nitrogens is 2. The van der Waals surface area contributed by atoms with Gasteiger partial charge in [-0.3, -0.25) is 4.98 Å². The third kappa shape index (κ3) is 2.57. The molecule has 0 aliphatic carbocycles. The highest BCUT2D eigenvalue weighted by atomic mass is 16.5. The molecule has 1 N–H and O–H groups in total. The smallest absolute Gasteiger partial charge is 0.335 e. The zero-order chi connectivity index (χ0) is 12.3. The summed E-state index contributed by atoms with van der Waals surface area (Å²) in [7, 11) is 0. The van der Waals surface area contributed by atoms with Crippen molar-refractivity contribution in [3.8, 4) is 11.6 Å². The van der Waals surface area contributed by atoms with Gasteiger partial charge in [-0.15, -0.1) is 0 Å². The third-order valence-corrected chi connectivity index (χ3v) is 2.19. The fraction of sp³-hybridized carbons (Fsp3) is 0.0833. The average Bonchev–Trinajstić information content (AvgIpc) is 2.33. The molecule has 0 bridgehead atoms. The number of carboxylic acids is 1. The van der Waals surface area contributed by atoms with Gasteiger partial charge in [-0.25, -0.2) is 9.78 Å². The Morgan fingerprint density at radius 2 is 2.18 bits per heavy atom. The maximum atomic E-state index is 10.8. The van der Waals surface area contributed by atoms with Crippen molar-refractivity contribution in [1.82, 2.24) is 9.97 Å². The van der Waals surface area contributed by atoms with Crippen LogP contribution in [0, 0.1) is 6.92 Å². The van der Waals surface area contributed by atoms with E-state index in [1.165, 1.54) is 30.7 Å². The zero-order valence-electron chi connectivity index (χ0n) is 9.12. The van der Waals surface area contributed by atoms with Gasteiger partial charge in [0.1, 0.15) is 5.75 Å². The largest absolute Gasteiger partial charge is 0.478 e. The lowest BCUT2D eigenvalue weighted by Gasteiger charge is -2.07. The Morgan fingerprint density at radius 1 is 1.35 bits per heavy atom. The first-order valence-corrected chi connectivity index (χ1v) is 4.94. The molecule has 0 saturated heterocycles. The number of hydrogen-bond donors (Lipinski definition) is 1. The minimum absolute atomic E-state index is 0.175. The molecule has 2 rings (SSSR count). The lowest BCUT2D eigenvalue weighted by molar-refractivity contribution is 0.0696. The van der Waals surface area contributed by atoms with Crippen LogP contribution in [-0.4, -0.2) is 21.0 Å². The number of aryl methyl sites for hydroxylation is 1. The molecule has 5 heteroatoms. The van der Waals surface area contributed by atoms with Crippen molar-refractivity contribution in [2.75, 3.05) is 0 Å². The van der Waals surface area contributed by atoms with E-state index in [-0.39, 0.29) is 5.56 Å². The number of carbonyl (C=O) groups is 1. The summed E-state index contributed by atoms with van der Waals surface area (Å²) >= 11 is 0. The highest BCUT2D eigenvalue weighted by molar-refractivity contribution is 5.88. The summed E-state index contributed by atoms with van der Waals surface area (Å²) in [5, 5.41) is 8.88. The first-order chi connectivity index (χ1) is 8.16. The van der Waals surface area contributed by atoms with Crippen molar-refractivity contribution in [3.05, 3.63) is 47.9 Å². The molecule has 0 saturated carbocycles. The molecule has 0 radical (unpaired) electrons. The van der Waals surface area contributed by atoms with Crippen LogP contribution in [0.4, 0.5) is 0 Å². The lowest BCUT2D eigenvalue weighted by atomic mass is 10.1. The van der Waals surface area contributed by atoms with Crippen molar-refractivity contribution < 1.29 is 14.6 Å². The Labute approximate surface area is 97.7 Å². The number of benzene rings is 1. The molecule has 0 fully saturated rings. The number of hydrogen-bond acceptors (Lipinski definition) is 4. The van der Waals surface area contributed by atoms with Crippen LogP contribution in [-0.2, 0) is 0 Å². The predicted octanol–water partition coefficient (Wildman–Crippen LogP) is 2.28. The van der Waals surface area contributed by atoms with Crippen LogP contribution in [0.5, 0.6) is 11.6 Å². The van der Waals surface area contributed by atoms with E-state index in [1.807, 2.05) is 6.92 Å². The van der Waals surface area contributed by atoms with Crippen LogP contribution < -0.4 is 4.74 Å². The molecule has 0 unspecified atom stereocenters. The summed E-state index contributed by atoms with van der Waals surface area (Å²) < 4.78 is 5.46. The summed E-state index contributed by atoms with van der Waals surface area (Å²) in [6.45, 7) is 1.83. The van der Waals surface area contributed by atoms with Gasteiger partial charge in [0, 0.05) is 12.4 Å². The molecular formula is C12H10N2O3. The molecular weight excluding hydrogens is 220 g/mol. The quantitative estimate of drug-likeness (QED) is 0.875. The topological polar surface area (TPSA) is 72.3 Å². The molecule has 86 valence electrons. The van der Waals surface area contributed by atoms with Gasteiger partial charge in [0.2, 0.25) is 5.88 Å². The van der Waals surface area contributed by atoms with Crippen LogP contribution in [0.3, 0.4) is 0 Å². The predicted molar refractivity (Wildman–Crippen MR) is 60.2 cm³/mol. The van der Waals surface area contributed by atoms with Gasteiger partial charge in [-0.05, 0) is 24.6 Å². The van der Waals surface area contributed by atoms with E-state index in [2.05, 4.69) is 9.97 Å². The van der Waals surface area contributed by atoms with E-state index in [0.717, 1.165) is 5.56 Å². The van der Waals surface area contributed by atoms with Crippen LogP contribution in [0.2, 0.25) is 0 Å². The third-order valence-electron chi connectivity index (χ3n) is 2.19. The number of carboxylic acid groups (broad SMARTS) is 1. The van der Waals surface area contributed by atoms with E-state index in [9.17, 15) is 4.79 Å². The second kappa shape index (κ2) is 4.61. The first-order valence-electron chi connectivity index (χ1n) is 4.94. The van der Waals surface area contributed by atoms with Gasteiger partial charge >= 0.3 is 5.97 Å². The second-order valence-electron chi connectivity index (χ2n) is 3.43. The minimum atomic E-state index is -0.992. The van der Waals surface area contributed by atoms with Crippen molar-refractivity contribution in [2.24, 2.45) is 0 Å². The number of aromatic carboxylic acids is 1. The zero-order valence-corrected chi connectivity index (χ0v) is 9.12. The summed E-state index contributed by atoms with van der Waals surface area (Å²) in [6, 6.07) is 4.68. The Kier molecular flexibility index (Phi) is 3.00. The minimum Gasteiger partial charge on any atom is -0.478 e. The average molecular weight is 230 g/mol. The van der Waals surface area contributed by atoms with Crippen molar-refractivity contribution in [1.29, 1.82) is 0 Å². The summed E-state index contributed by atoms with van der Waals surface area (Å²) in [5.74, 6) is -0.197. The van der Waals surface area contributed by atoms with Crippen LogP contribution in [0.15, 0.2) is 36.8 Å². The molecule has 1 aromatic carbocycles. The molecule has 5 nitrogen and oxygen atoms in total. The Morgan fingerprint density at radius 3 is 2.82 bits per heavy atom. The molecule has 1 heterocycles. The molecule has 0 aliphatic heterocycles. The standard InChI is InChI=1S/C12H10N2O3/c1-8-2-3-9(12(15)16)6-10(8)17-11-7-13-4-5-14-11/h2-7H,1H3,(H,15,16). The van der Waals surface area contributed by atoms with Crippen molar-refractivity contribution >= 4 is 5.97 Å². The fourth-order valence-corrected chi connectivity index (χ4v) is 1.29. The van der Waals surface area contributed by atoms with Crippen LogP contribution in [0.25, 0.3) is 0 Å². The number of rotatable bonds is 3. The summed E-state index contributed by atoms with van der Waals surface area (Å²) in [6.07, 6.45) is 4.51. The van der Waals surface area contributed by atoms with E-state index in [1.54, 1.807) is 6.07 Å². The Balaban J connectivity index is 2.32. The molecule has 0 aliphatic rings.